The summed E-state index contributed by atoms with van der Waals surface area (Å²) in [6.45, 7) is 0. The summed E-state index contributed by atoms with van der Waals surface area (Å²) >= 11 is 7.75. The molecule has 0 atom stereocenters. The molecule has 0 fully saturated rings. The Kier molecular flexibility index (Phi) is 2.98. The number of halogens is 1. The topological polar surface area (TPSA) is 30.2 Å². The zero-order chi connectivity index (χ0) is 14.2. The summed E-state index contributed by atoms with van der Waals surface area (Å²) in [5, 5.41) is 9.37. The number of hydrogen-bond donors (Lipinski definition) is 0. The zero-order valence-corrected chi connectivity index (χ0v) is 12.5. The van der Waals surface area contributed by atoms with Gasteiger partial charge in [-0.15, -0.1) is 0 Å². The number of fused-ring (bicyclic) bond motifs is 1. The van der Waals surface area contributed by atoms with E-state index in [0.717, 1.165) is 28.0 Å². The molecule has 3 nitrogen and oxygen atoms in total. The fourth-order valence-electron chi connectivity index (χ4n) is 2.38. The summed E-state index contributed by atoms with van der Waals surface area (Å²) in [4.78, 5) is 4.48. The van der Waals surface area contributed by atoms with Gasteiger partial charge in [-0.05, 0) is 35.2 Å². The maximum atomic E-state index is 6.08. The van der Waals surface area contributed by atoms with Gasteiger partial charge in [0, 0.05) is 27.7 Å². The molecule has 102 valence electrons. The molecule has 3 heterocycles. The van der Waals surface area contributed by atoms with Gasteiger partial charge in [0.1, 0.15) is 0 Å². The van der Waals surface area contributed by atoms with Crippen molar-refractivity contribution in [2.24, 2.45) is 0 Å². The third-order valence-electron chi connectivity index (χ3n) is 3.35. The standard InChI is InChI=1S/C16H10ClN3S/c17-13-3-1-2-11(8-13)14-9-19-20-15(4-6-18-16(14)20)12-5-7-21-10-12/h1-10H. The van der Waals surface area contributed by atoms with E-state index in [9.17, 15) is 0 Å². The van der Waals surface area contributed by atoms with Gasteiger partial charge in [0.15, 0.2) is 5.65 Å². The van der Waals surface area contributed by atoms with Crippen molar-refractivity contribution in [2.45, 2.75) is 0 Å². The van der Waals surface area contributed by atoms with Gasteiger partial charge in [-0.25, -0.2) is 9.50 Å². The predicted octanol–water partition coefficient (Wildman–Crippen LogP) is 4.78. The highest BCUT2D eigenvalue weighted by Gasteiger charge is 2.12. The zero-order valence-electron chi connectivity index (χ0n) is 10.9. The molecule has 0 saturated heterocycles. The highest BCUT2D eigenvalue weighted by atomic mass is 35.5. The third kappa shape index (κ3) is 2.13. The lowest BCUT2D eigenvalue weighted by Gasteiger charge is -2.03. The van der Waals surface area contributed by atoms with E-state index in [4.69, 9.17) is 11.6 Å². The normalized spacial score (nSPS) is 11.1. The molecule has 0 aliphatic carbocycles. The predicted molar refractivity (Wildman–Crippen MR) is 86.7 cm³/mol. The van der Waals surface area contributed by atoms with Crippen LogP contribution in [0.15, 0.2) is 59.6 Å². The molecular weight excluding hydrogens is 302 g/mol. The Morgan fingerprint density at radius 2 is 2.05 bits per heavy atom. The maximum absolute atomic E-state index is 6.08. The van der Waals surface area contributed by atoms with Gasteiger partial charge in [0.2, 0.25) is 0 Å². The van der Waals surface area contributed by atoms with Gasteiger partial charge in [-0.3, -0.25) is 0 Å². The average molecular weight is 312 g/mol. The second-order valence-electron chi connectivity index (χ2n) is 4.65. The number of aromatic nitrogens is 3. The third-order valence-corrected chi connectivity index (χ3v) is 4.27. The van der Waals surface area contributed by atoms with Crippen LogP contribution >= 0.6 is 22.9 Å². The molecule has 0 radical (unpaired) electrons. The van der Waals surface area contributed by atoms with E-state index in [1.54, 1.807) is 11.3 Å². The summed E-state index contributed by atoms with van der Waals surface area (Å²) in [5.74, 6) is 0. The van der Waals surface area contributed by atoms with E-state index >= 15 is 0 Å². The Morgan fingerprint density at radius 3 is 2.86 bits per heavy atom. The molecule has 0 bridgehead atoms. The van der Waals surface area contributed by atoms with Crippen LogP contribution in [0, 0.1) is 0 Å². The minimum absolute atomic E-state index is 0.709. The lowest BCUT2D eigenvalue weighted by molar-refractivity contribution is 0.949. The van der Waals surface area contributed by atoms with Crippen molar-refractivity contribution in [3.63, 3.8) is 0 Å². The first-order valence-electron chi connectivity index (χ1n) is 6.44. The minimum atomic E-state index is 0.709. The van der Waals surface area contributed by atoms with Gasteiger partial charge in [-0.2, -0.15) is 16.4 Å². The van der Waals surface area contributed by atoms with Crippen molar-refractivity contribution in [1.29, 1.82) is 0 Å². The van der Waals surface area contributed by atoms with Gasteiger partial charge in [-0.1, -0.05) is 23.7 Å². The molecule has 21 heavy (non-hydrogen) atoms. The maximum Gasteiger partial charge on any atom is 0.163 e. The number of hydrogen-bond acceptors (Lipinski definition) is 3. The Labute approximate surface area is 130 Å². The van der Waals surface area contributed by atoms with E-state index in [1.165, 1.54) is 0 Å². The van der Waals surface area contributed by atoms with Crippen molar-refractivity contribution >= 4 is 28.6 Å². The summed E-state index contributed by atoms with van der Waals surface area (Å²) in [5.41, 5.74) is 5.02. The Morgan fingerprint density at radius 1 is 1.10 bits per heavy atom. The minimum Gasteiger partial charge on any atom is -0.236 e. The molecule has 1 aromatic carbocycles. The molecule has 0 aliphatic rings. The van der Waals surface area contributed by atoms with E-state index < -0.39 is 0 Å². The summed E-state index contributed by atoms with van der Waals surface area (Å²) in [6, 6.07) is 11.8. The van der Waals surface area contributed by atoms with Crippen LogP contribution in [0.5, 0.6) is 0 Å². The van der Waals surface area contributed by atoms with Gasteiger partial charge < -0.3 is 0 Å². The molecule has 0 aliphatic heterocycles. The van der Waals surface area contributed by atoms with Crippen molar-refractivity contribution in [3.8, 4) is 22.4 Å². The number of rotatable bonds is 2. The van der Waals surface area contributed by atoms with E-state index in [0.29, 0.717) is 5.02 Å². The van der Waals surface area contributed by atoms with Gasteiger partial charge in [0.05, 0.1) is 11.9 Å². The second-order valence-corrected chi connectivity index (χ2v) is 5.86. The van der Waals surface area contributed by atoms with Crippen molar-refractivity contribution in [2.75, 3.05) is 0 Å². The summed E-state index contributed by atoms with van der Waals surface area (Å²) in [7, 11) is 0. The highest BCUT2D eigenvalue weighted by molar-refractivity contribution is 7.08. The molecule has 0 saturated carbocycles. The van der Waals surface area contributed by atoms with Crippen LogP contribution in [0.2, 0.25) is 5.02 Å². The monoisotopic (exact) mass is 311 g/mol. The van der Waals surface area contributed by atoms with E-state index in [-0.39, 0.29) is 0 Å². The fourth-order valence-corrected chi connectivity index (χ4v) is 3.22. The lowest BCUT2D eigenvalue weighted by atomic mass is 10.1. The SMILES string of the molecule is Clc1cccc(-c2cnn3c(-c4ccsc4)ccnc23)c1. The second kappa shape index (κ2) is 4.98. The first kappa shape index (κ1) is 12.6. The number of nitrogens with zero attached hydrogens (tertiary/aromatic N) is 3. The van der Waals surface area contributed by atoms with Gasteiger partial charge in [0.25, 0.3) is 0 Å². The molecule has 4 aromatic rings. The molecule has 3 aromatic heterocycles. The first-order chi connectivity index (χ1) is 10.3. The van der Waals surface area contributed by atoms with Crippen LogP contribution in [-0.2, 0) is 0 Å². The van der Waals surface area contributed by atoms with E-state index in [1.807, 2.05) is 47.2 Å². The Balaban J connectivity index is 1.96. The van der Waals surface area contributed by atoms with Crippen LogP contribution in [0.1, 0.15) is 0 Å². The molecular formula is C16H10ClN3S. The molecule has 0 spiro atoms. The van der Waals surface area contributed by atoms with Crippen molar-refractivity contribution in [1.82, 2.24) is 14.6 Å². The van der Waals surface area contributed by atoms with Crippen LogP contribution in [-0.4, -0.2) is 14.6 Å². The molecule has 4 rings (SSSR count). The average Bonchev–Trinajstić information content (AvgIpc) is 3.16. The molecule has 0 N–H and O–H groups in total. The number of benzene rings is 1. The molecule has 0 unspecified atom stereocenters. The fraction of sp³-hybridized carbons (Fsp3) is 0. The van der Waals surface area contributed by atoms with Crippen molar-refractivity contribution in [3.05, 3.63) is 64.6 Å². The summed E-state index contributed by atoms with van der Waals surface area (Å²) in [6.07, 6.45) is 3.65. The van der Waals surface area contributed by atoms with E-state index in [2.05, 4.69) is 26.9 Å². The first-order valence-corrected chi connectivity index (χ1v) is 7.76. The molecule has 5 heteroatoms. The van der Waals surface area contributed by atoms with Crippen LogP contribution in [0.25, 0.3) is 28.0 Å². The van der Waals surface area contributed by atoms with Crippen LogP contribution < -0.4 is 0 Å². The van der Waals surface area contributed by atoms with Gasteiger partial charge >= 0.3 is 0 Å². The lowest BCUT2D eigenvalue weighted by Crippen LogP contribution is -1.94. The highest BCUT2D eigenvalue weighted by Crippen LogP contribution is 2.29. The van der Waals surface area contributed by atoms with Crippen LogP contribution in [0.3, 0.4) is 0 Å². The summed E-state index contributed by atoms with van der Waals surface area (Å²) < 4.78 is 1.87. The number of thiophene rings is 1. The Bertz CT molecular complexity index is 912. The van der Waals surface area contributed by atoms with Crippen molar-refractivity contribution < 1.29 is 0 Å². The molecule has 0 amide bonds. The smallest absolute Gasteiger partial charge is 0.163 e. The van der Waals surface area contributed by atoms with Crippen LogP contribution in [0.4, 0.5) is 0 Å². The quantitative estimate of drug-likeness (QED) is 0.533. The Hall–Kier alpha value is -2.17. The largest absolute Gasteiger partial charge is 0.236 e.